The highest BCUT2D eigenvalue weighted by molar-refractivity contribution is 6.09. The molecule has 0 spiro atoms. The SMILES string of the molecule is Cc1cc(/C=C(\C#N)C(=O)Nc2ccccc2C)ccc1F. The molecule has 0 atom stereocenters. The first-order valence-electron chi connectivity index (χ1n) is 6.76. The fraction of sp³-hybridized carbons (Fsp3) is 0.111. The van der Waals surface area contributed by atoms with Gasteiger partial charge in [-0.05, 0) is 54.8 Å². The van der Waals surface area contributed by atoms with E-state index in [1.807, 2.05) is 31.2 Å². The molecule has 0 aromatic heterocycles. The van der Waals surface area contributed by atoms with Crippen LogP contribution in [0.25, 0.3) is 6.08 Å². The van der Waals surface area contributed by atoms with Crippen LogP contribution in [-0.4, -0.2) is 5.91 Å². The van der Waals surface area contributed by atoms with E-state index < -0.39 is 5.91 Å². The number of aryl methyl sites for hydroxylation is 2. The number of rotatable bonds is 3. The van der Waals surface area contributed by atoms with Crippen LogP contribution >= 0.6 is 0 Å². The molecule has 0 aliphatic rings. The summed E-state index contributed by atoms with van der Waals surface area (Å²) in [5.41, 5.74) is 2.60. The third-order valence-electron chi connectivity index (χ3n) is 3.25. The molecule has 22 heavy (non-hydrogen) atoms. The Morgan fingerprint density at radius 2 is 1.91 bits per heavy atom. The molecule has 0 bridgehead atoms. The molecule has 2 rings (SSSR count). The van der Waals surface area contributed by atoms with Crippen molar-refractivity contribution in [2.75, 3.05) is 5.32 Å². The topological polar surface area (TPSA) is 52.9 Å². The second kappa shape index (κ2) is 6.68. The first kappa shape index (κ1) is 15.5. The Kier molecular flexibility index (Phi) is 4.70. The van der Waals surface area contributed by atoms with Crippen molar-refractivity contribution in [3.63, 3.8) is 0 Å². The highest BCUT2D eigenvalue weighted by Crippen LogP contribution is 2.16. The van der Waals surface area contributed by atoms with Crippen LogP contribution in [0.15, 0.2) is 48.0 Å². The third kappa shape index (κ3) is 3.58. The van der Waals surface area contributed by atoms with E-state index in [0.29, 0.717) is 16.8 Å². The zero-order chi connectivity index (χ0) is 16.1. The number of carbonyl (C=O) groups is 1. The van der Waals surface area contributed by atoms with Gasteiger partial charge in [0.25, 0.3) is 5.91 Å². The van der Waals surface area contributed by atoms with Crippen molar-refractivity contribution >= 4 is 17.7 Å². The molecule has 1 amide bonds. The van der Waals surface area contributed by atoms with Crippen LogP contribution in [0.4, 0.5) is 10.1 Å². The molecule has 0 saturated carbocycles. The van der Waals surface area contributed by atoms with E-state index in [0.717, 1.165) is 5.56 Å². The van der Waals surface area contributed by atoms with Gasteiger partial charge in [0.1, 0.15) is 17.5 Å². The molecular formula is C18H15FN2O. The van der Waals surface area contributed by atoms with E-state index in [1.165, 1.54) is 18.2 Å². The third-order valence-corrected chi connectivity index (χ3v) is 3.25. The lowest BCUT2D eigenvalue weighted by molar-refractivity contribution is -0.112. The second-order valence-corrected chi connectivity index (χ2v) is 4.95. The van der Waals surface area contributed by atoms with Crippen LogP contribution in [0.1, 0.15) is 16.7 Å². The van der Waals surface area contributed by atoms with Gasteiger partial charge in [-0.2, -0.15) is 5.26 Å². The number of hydrogen-bond acceptors (Lipinski definition) is 2. The van der Waals surface area contributed by atoms with Gasteiger partial charge in [0.05, 0.1) is 0 Å². The highest BCUT2D eigenvalue weighted by atomic mass is 19.1. The molecule has 4 heteroatoms. The Morgan fingerprint density at radius 3 is 2.55 bits per heavy atom. The zero-order valence-corrected chi connectivity index (χ0v) is 12.4. The second-order valence-electron chi connectivity index (χ2n) is 4.95. The van der Waals surface area contributed by atoms with Crippen molar-refractivity contribution in [2.24, 2.45) is 0 Å². The molecular weight excluding hydrogens is 279 g/mol. The molecule has 0 heterocycles. The summed E-state index contributed by atoms with van der Waals surface area (Å²) in [5.74, 6) is -0.807. The molecule has 3 nitrogen and oxygen atoms in total. The molecule has 2 aromatic carbocycles. The molecule has 0 radical (unpaired) electrons. The predicted octanol–water partition coefficient (Wildman–Crippen LogP) is 3.99. The summed E-state index contributed by atoms with van der Waals surface area (Å²) in [7, 11) is 0. The Balaban J connectivity index is 2.26. The van der Waals surface area contributed by atoms with Crippen molar-refractivity contribution in [3.8, 4) is 6.07 Å². The Bertz CT molecular complexity index is 788. The number of benzene rings is 2. The summed E-state index contributed by atoms with van der Waals surface area (Å²) in [5, 5.41) is 11.9. The normalized spacial score (nSPS) is 10.9. The van der Waals surface area contributed by atoms with Crippen molar-refractivity contribution in [1.82, 2.24) is 0 Å². The van der Waals surface area contributed by atoms with Gasteiger partial charge in [-0.15, -0.1) is 0 Å². The van der Waals surface area contributed by atoms with E-state index in [9.17, 15) is 14.4 Å². The number of nitrogens with zero attached hydrogens (tertiary/aromatic N) is 1. The molecule has 0 unspecified atom stereocenters. The average molecular weight is 294 g/mol. The first-order chi connectivity index (χ1) is 10.5. The maximum atomic E-state index is 13.2. The average Bonchev–Trinajstić information content (AvgIpc) is 2.50. The summed E-state index contributed by atoms with van der Waals surface area (Å²) < 4.78 is 13.2. The van der Waals surface area contributed by atoms with Gasteiger partial charge in [-0.25, -0.2) is 4.39 Å². The molecule has 2 aromatic rings. The summed E-state index contributed by atoms with van der Waals surface area (Å²) in [6, 6.07) is 13.6. The van der Waals surface area contributed by atoms with Crippen LogP contribution in [0.5, 0.6) is 0 Å². The van der Waals surface area contributed by atoms with Gasteiger partial charge in [-0.3, -0.25) is 4.79 Å². The summed E-state index contributed by atoms with van der Waals surface area (Å²) in [6.45, 7) is 3.50. The molecule has 110 valence electrons. The van der Waals surface area contributed by atoms with Gasteiger partial charge < -0.3 is 5.32 Å². The Hall–Kier alpha value is -2.93. The summed E-state index contributed by atoms with van der Waals surface area (Å²) in [4.78, 5) is 12.2. The van der Waals surface area contributed by atoms with Gasteiger partial charge in [0.2, 0.25) is 0 Å². The maximum absolute atomic E-state index is 13.2. The number of halogens is 1. The zero-order valence-electron chi connectivity index (χ0n) is 12.4. The van der Waals surface area contributed by atoms with Gasteiger partial charge in [0.15, 0.2) is 0 Å². The fourth-order valence-electron chi connectivity index (χ4n) is 1.98. The van der Waals surface area contributed by atoms with E-state index in [1.54, 1.807) is 19.1 Å². The Labute approximate surface area is 128 Å². The number of hydrogen-bond donors (Lipinski definition) is 1. The van der Waals surface area contributed by atoms with Crippen LogP contribution in [0.2, 0.25) is 0 Å². The quantitative estimate of drug-likeness (QED) is 0.687. The van der Waals surface area contributed by atoms with Crippen LogP contribution < -0.4 is 5.32 Å². The number of amides is 1. The molecule has 0 aliphatic heterocycles. The van der Waals surface area contributed by atoms with E-state index >= 15 is 0 Å². The maximum Gasteiger partial charge on any atom is 0.266 e. The van der Waals surface area contributed by atoms with E-state index in [4.69, 9.17) is 0 Å². The lowest BCUT2D eigenvalue weighted by Crippen LogP contribution is -2.14. The molecule has 0 fully saturated rings. The molecule has 0 aliphatic carbocycles. The number of nitrogens with one attached hydrogen (secondary N) is 1. The van der Waals surface area contributed by atoms with Crippen molar-refractivity contribution in [1.29, 1.82) is 5.26 Å². The predicted molar refractivity (Wildman–Crippen MR) is 84.5 cm³/mol. The van der Waals surface area contributed by atoms with Crippen molar-refractivity contribution in [3.05, 3.63) is 70.5 Å². The fourth-order valence-corrected chi connectivity index (χ4v) is 1.98. The summed E-state index contributed by atoms with van der Waals surface area (Å²) >= 11 is 0. The van der Waals surface area contributed by atoms with Crippen molar-refractivity contribution in [2.45, 2.75) is 13.8 Å². The van der Waals surface area contributed by atoms with E-state index in [2.05, 4.69) is 5.32 Å². The van der Waals surface area contributed by atoms with Crippen molar-refractivity contribution < 1.29 is 9.18 Å². The Morgan fingerprint density at radius 1 is 1.18 bits per heavy atom. The highest BCUT2D eigenvalue weighted by Gasteiger charge is 2.11. The van der Waals surface area contributed by atoms with E-state index in [-0.39, 0.29) is 11.4 Å². The number of anilines is 1. The summed E-state index contributed by atoms with van der Waals surface area (Å²) in [6.07, 6.45) is 1.44. The standard InChI is InChI=1S/C18H15FN2O/c1-12-5-3-4-6-17(12)21-18(22)15(11-20)10-14-7-8-16(19)13(2)9-14/h3-10H,1-2H3,(H,21,22)/b15-10+. The van der Waals surface area contributed by atoms with Crippen LogP contribution in [0.3, 0.4) is 0 Å². The smallest absolute Gasteiger partial charge is 0.266 e. The van der Waals surface area contributed by atoms with Crippen LogP contribution in [-0.2, 0) is 4.79 Å². The minimum Gasteiger partial charge on any atom is -0.321 e. The molecule has 0 saturated heterocycles. The van der Waals surface area contributed by atoms with Gasteiger partial charge >= 0.3 is 0 Å². The van der Waals surface area contributed by atoms with Gasteiger partial charge in [0, 0.05) is 5.69 Å². The minimum atomic E-state index is -0.487. The molecule has 1 N–H and O–H groups in total. The lowest BCUT2D eigenvalue weighted by atomic mass is 10.1. The number of nitriles is 1. The first-order valence-corrected chi connectivity index (χ1v) is 6.76. The largest absolute Gasteiger partial charge is 0.321 e. The van der Waals surface area contributed by atoms with Crippen LogP contribution in [0, 0.1) is 31.0 Å². The number of para-hydroxylation sites is 1. The van der Waals surface area contributed by atoms with Gasteiger partial charge in [-0.1, -0.05) is 24.3 Å². The number of carbonyl (C=O) groups excluding carboxylic acids is 1. The lowest BCUT2D eigenvalue weighted by Gasteiger charge is -2.07. The minimum absolute atomic E-state index is 0.0331. The monoisotopic (exact) mass is 294 g/mol.